The van der Waals surface area contributed by atoms with E-state index in [0.717, 1.165) is 31.8 Å². The third-order valence-corrected chi connectivity index (χ3v) is 4.09. The number of urea groups is 1. The molecule has 0 saturated carbocycles. The summed E-state index contributed by atoms with van der Waals surface area (Å²) in [5.41, 5.74) is 0.142. The summed E-state index contributed by atoms with van der Waals surface area (Å²) < 4.78 is 5.33. The molecule has 1 fully saturated rings. The summed E-state index contributed by atoms with van der Waals surface area (Å²) in [7, 11) is 0. The molecule has 1 aromatic heterocycles. The summed E-state index contributed by atoms with van der Waals surface area (Å²) in [5, 5.41) is 11.7. The van der Waals surface area contributed by atoms with E-state index in [9.17, 15) is 9.59 Å². The number of rotatable bonds is 4. The van der Waals surface area contributed by atoms with Crippen LogP contribution < -0.4 is 5.32 Å². The molecule has 2 heterocycles. The Hall–Kier alpha value is -1.98. The van der Waals surface area contributed by atoms with Gasteiger partial charge in [-0.25, -0.2) is 9.59 Å². The first-order valence-electron chi connectivity index (χ1n) is 7.36. The van der Waals surface area contributed by atoms with E-state index >= 15 is 0 Å². The van der Waals surface area contributed by atoms with Crippen molar-refractivity contribution < 1.29 is 19.1 Å². The van der Waals surface area contributed by atoms with Crippen LogP contribution in [0.25, 0.3) is 0 Å². The Kier molecular flexibility index (Phi) is 4.88. The molecule has 1 aromatic rings. The van der Waals surface area contributed by atoms with E-state index in [1.807, 2.05) is 0 Å². The highest BCUT2D eigenvalue weighted by molar-refractivity contribution is 5.88. The van der Waals surface area contributed by atoms with Gasteiger partial charge in [0.05, 0.1) is 6.54 Å². The van der Waals surface area contributed by atoms with E-state index in [-0.39, 0.29) is 18.1 Å². The number of aryl methyl sites for hydroxylation is 1. The van der Waals surface area contributed by atoms with Crippen LogP contribution in [0, 0.1) is 12.8 Å². The molecule has 6 heteroatoms. The van der Waals surface area contributed by atoms with Crippen molar-refractivity contribution in [2.24, 2.45) is 5.92 Å². The molecule has 2 N–H and O–H groups in total. The molecule has 2 rings (SSSR count). The van der Waals surface area contributed by atoms with Crippen molar-refractivity contribution in [2.45, 2.75) is 39.7 Å². The van der Waals surface area contributed by atoms with Crippen LogP contribution in [0.5, 0.6) is 0 Å². The van der Waals surface area contributed by atoms with Gasteiger partial charge in [0.25, 0.3) is 0 Å². The summed E-state index contributed by atoms with van der Waals surface area (Å²) in [6, 6.07) is 1.34. The number of nitrogens with zero attached hydrogens (tertiary/aromatic N) is 1. The summed E-state index contributed by atoms with van der Waals surface area (Å²) in [4.78, 5) is 24.8. The smallest absolute Gasteiger partial charge is 0.339 e. The van der Waals surface area contributed by atoms with Crippen LogP contribution in [0.4, 0.5) is 4.79 Å². The average molecular weight is 294 g/mol. The third kappa shape index (κ3) is 3.77. The standard InChI is InChI=1S/C15H22N2O4/c1-3-11-4-6-17(7-5-11)15(20)16-9-12-8-13(14(18)19)10(2)21-12/h8,11H,3-7,9H2,1-2H3,(H,16,20)(H,18,19). The van der Waals surface area contributed by atoms with Crippen LogP contribution in [-0.4, -0.2) is 35.1 Å². The molecule has 0 aromatic carbocycles. The fourth-order valence-corrected chi connectivity index (χ4v) is 2.66. The van der Waals surface area contributed by atoms with Gasteiger partial charge < -0.3 is 19.7 Å². The molecule has 0 radical (unpaired) electrons. The first-order chi connectivity index (χ1) is 10.0. The second kappa shape index (κ2) is 6.65. The number of nitrogens with one attached hydrogen (secondary N) is 1. The number of piperidine rings is 1. The average Bonchev–Trinajstić information content (AvgIpc) is 2.86. The van der Waals surface area contributed by atoms with Crippen LogP contribution in [0.15, 0.2) is 10.5 Å². The van der Waals surface area contributed by atoms with Crippen molar-refractivity contribution in [3.05, 3.63) is 23.2 Å². The molecule has 1 aliphatic rings. The minimum atomic E-state index is -1.02. The second-order valence-electron chi connectivity index (χ2n) is 5.49. The molecule has 0 unspecified atom stereocenters. The molecule has 2 amide bonds. The number of furan rings is 1. The lowest BCUT2D eigenvalue weighted by molar-refractivity contribution is 0.0695. The van der Waals surface area contributed by atoms with Gasteiger partial charge in [0, 0.05) is 13.1 Å². The Bertz CT molecular complexity index is 516. The zero-order valence-electron chi connectivity index (χ0n) is 12.5. The van der Waals surface area contributed by atoms with E-state index in [4.69, 9.17) is 9.52 Å². The number of carbonyl (C=O) groups is 2. The number of likely N-dealkylation sites (tertiary alicyclic amines) is 1. The SMILES string of the molecule is CCC1CCN(C(=O)NCc2cc(C(=O)O)c(C)o2)CC1. The van der Waals surface area contributed by atoms with Crippen LogP contribution in [0.2, 0.25) is 0 Å². The number of carboxylic acids is 1. The minimum absolute atomic E-state index is 0.115. The number of hydrogen-bond donors (Lipinski definition) is 2. The number of carboxylic acid groups (broad SMARTS) is 1. The van der Waals surface area contributed by atoms with Crippen molar-refractivity contribution in [3.8, 4) is 0 Å². The summed E-state index contributed by atoms with van der Waals surface area (Å²) in [6.07, 6.45) is 3.26. The minimum Gasteiger partial charge on any atom is -0.478 e. The zero-order chi connectivity index (χ0) is 15.4. The van der Waals surface area contributed by atoms with Crippen molar-refractivity contribution >= 4 is 12.0 Å². The third-order valence-electron chi connectivity index (χ3n) is 4.09. The van der Waals surface area contributed by atoms with Crippen molar-refractivity contribution in [2.75, 3.05) is 13.1 Å². The maximum absolute atomic E-state index is 12.0. The zero-order valence-corrected chi connectivity index (χ0v) is 12.5. The maximum atomic E-state index is 12.0. The van der Waals surface area contributed by atoms with Gasteiger partial charge in [-0.05, 0) is 31.7 Å². The van der Waals surface area contributed by atoms with Gasteiger partial charge in [0.2, 0.25) is 0 Å². The topological polar surface area (TPSA) is 82.8 Å². The Morgan fingerprint density at radius 3 is 2.62 bits per heavy atom. The molecule has 1 aliphatic heterocycles. The first kappa shape index (κ1) is 15.4. The quantitative estimate of drug-likeness (QED) is 0.894. The molecule has 6 nitrogen and oxygen atoms in total. The van der Waals surface area contributed by atoms with E-state index in [1.54, 1.807) is 11.8 Å². The van der Waals surface area contributed by atoms with Gasteiger partial charge in [-0.1, -0.05) is 13.3 Å². The fraction of sp³-hybridized carbons (Fsp3) is 0.600. The predicted octanol–water partition coefficient (Wildman–Crippen LogP) is 2.62. The number of carbonyl (C=O) groups excluding carboxylic acids is 1. The number of amides is 2. The van der Waals surface area contributed by atoms with E-state index in [2.05, 4.69) is 12.2 Å². The molecule has 0 spiro atoms. The largest absolute Gasteiger partial charge is 0.478 e. The summed E-state index contributed by atoms with van der Waals surface area (Å²) >= 11 is 0. The van der Waals surface area contributed by atoms with Gasteiger partial charge in [-0.3, -0.25) is 0 Å². The molecular weight excluding hydrogens is 272 g/mol. The molecule has 1 saturated heterocycles. The molecule has 116 valence electrons. The molecule has 0 bridgehead atoms. The van der Waals surface area contributed by atoms with E-state index < -0.39 is 5.97 Å². The lowest BCUT2D eigenvalue weighted by atomic mass is 9.95. The highest BCUT2D eigenvalue weighted by atomic mass is 16.4. The second-order valence-corrected chi connectivity index (χ2v) is 5.49. The summed E-state index contributed by atoms with van der Waals surface area (Å²) in [6.45, 7) is 5.55. The van der Waals surface area contributed by atoms with E-state index in [0.29, 0.717) is 11.5 Å². The number of aromatic carboxylic acids is 1. The summed E-state index contributed by atoms with van der Waals surface area (Å²) in [5.74, 6) is 0.521. The van der Waals surface area contributed by atoms with Gasteiger partial charge >= 0.3 is 12.0 Å². The van der Waals surface area contributed by atoms with Crippen LogP contribution in [-0.2, 0) is 6.54 Å². The van der Waals surface area contributed by atoms with Crippen LogP contribution >= 0.6 is 0 Å². The monoisotopic (exact) mass is 294 g/mol. The Balaban J connectivity index is 1.84. The van der Waals surface area contributed by atoms with Gasteiger partial charge in [0.1, 0.15) is 17.1 Å². The van der Waals surface area contributed by atoms with Crippen molar-refractivity contribution in [1.29, 1.82) is 0 Å². The van der Waals surface area contributed by atoms with Crippen molar-refractivity contribution in [3.63, 3.8) is 0 Å². The first-order valence-corrected chi connectivity index (χ1v) is 7.36. The van der Waals surface area contributed by atoms with Gasteiger partial charge in [-0.15, -0.1) is 0 Å². The van der Waals surface area contributed by atoms with E-state index in [1.165, 1.54) is 12.5 Å². The normalized spacial score (nSPS) is 16.0. The predicted molar refractivity (Wildman–Crippen MR) is 77.2 cm³/mol. The molecule has 0 aliphatic carbocycles. The lowest BCUT2D eigenvalue weighted by Gasteiger charge is -2.31. The van der Waals surface area contributed by atoms with Gasteiger partial charge in [0.15, 0.2) is 0 Å². The highest BCUT2D eigenvalue weighted by Crippen LogP contribution is 2.20. The molecule has 0 atom stereocenters. The van der Waals surface area contributed by atoms with Crippen molar-refractivity contribution in [1.82, 2.24) is 10.2 Å². The lowest BCUT2D eigenvalue weighted by Crippen LogP contribution is -2.44. The fourth-order valence-electron chi connectivity index (χ4n) is 2.66. The Labute approximate surface area is 124 Å². The van der Waals surface area contributed by atoms with Crippen LogP contribution in [0.1, 0.15) is 48.1 Å². The Morgan fingerprint density at radius 2 is 2.10 bits per heavy atom. The van der Waals surface area contributed by atoms with Gasteiger partial charge in [-0.2, -0.15) is 0 Å². The van der Waals surface area contributed by atoms with Crippen LogP contribution in [0.3, 0.4) is 0 Å². The molecule has 21 heavy (non-hydrogen) atoms. The number of hydrogen-bond acceptors (Lipinski definition) is 3. The Morgan fingerprint density at radius 1 is 1.43 bits per heavy atom. The maximum Gasteiger partial charge on any atom is 0.339 e. The molecular formula is C15H22N2O4. The highest BCUT2D eigenvalue weighted by Gasteiger charge is 2.22.